The second-order valence-electron chi connectivity index (χ2n) is 7.01. The molecule has 1 N–H and O–H groups in total. The van der Waals surface area contributed by atoms with Gasteiger partial charge in [0, 0.05) is 30.0 Å². The van der Waals surface area contributed by atoms with Gasteiger partial charge in [0.1, 0.15) is 0 Å². The highest BCUT2D eigenvalue weighted by Crippen LogP contribution is 2.29. The molecule has 0 spiro atoms. The van der Waals surface area contributed by atoms with Crippen LogP contribution in [0.15, 0.2) is 48.5 Å². The van der Waals surface area contributed by atoms with E-state index in [1.54, 1.807) is 19.1 Å². The zero-order valence-electron chi connectivity index (χ0n) is 16.8. The molecule has 1 atom stereocenters. The third-order valence-corrected chi connectivity index (χ3v) is 6.83. The number of rotatable bonds is 6. The molecule has 3 rings (SSSR count). The molecular weight excluding hydrogens is 390 g/mol. The number of nitrogens with one attached hydrogen (secondary N) is 1. The van der Waals surface area contributed by atoms with E-state index in [9.17, 15) is 18.0 Å². The van der Waals surface area contributed by atoms with Crippen LogP contribution in [0, 0.1) is 5.92 Å². The van der Waals surface area contributed by atoms with E-state index in [0.717, 1.165) is 23.1 Å². The van der Waals surface area contributed by atoms with Crippen molar-refractivity contribution in [3.05, 3.63) is 54.1 Å². The summed E-state index contributed by atoms with van der Waals surface area (Å²) in [6.45, 7) is 7.53. The zero-order chi connectivity index (χ0) is 21.2. The number of nitrogens with zero attached hydrogens (tertiary/aromatic N) is 2. The van der Waals surface area contributed by atoms with E-state index in [0.29, 0.717) is 5.69 Å². The van der Waals surface area contributed by atoms with Crippen LogP contribution in [0.4, 0.5) is 17.1 Å². The van der Waals surface area contributed by atoms with Crippen molar-refractivity contribution in [3.63, 3.8) is 0 Å². The highest BCUT2D eigenvalue weighted by atomic mass is 32.2. The van der Waals surface area contributed by atoms with Crippen molar-refractivity contribution in [2.24, 2.45) is 5.92 Å². The summed E-state index contributed by atoms with van der Waals surface area (Å²) in [6, 6.07) is 13.6. The first-order chi connectivity index (χ1) is 13.8. The van der Waals surface area contributed by atoms with Crippen LogP contribution >= 0.6 is 0 Å². The van der Waals surface area contributed by atoms with Gasteiger partial charge in [0.25, 0.3) is 5.91 Å². The normalized spacial score (nSPS) is 18.0. The number of carbonyl (C=O) groups is 2. The Morgan fingerprint density at radius 1 is 1.14 bits per heavy atom. The third-order valence-electron chi connectivity index (χ3n) is 4.96. The lowest BCUT2D eigenvalue weighted by molar-refractivity contribution is -0.119. The molecule has 2 amide bonds. The molecule has 154 valence electrons. The number of benzene rings is 2. The Morgan fingerprint density at radius 3 is 2.34 bits per heavy atom. The molecular formula is C21H25N3O4S. The Bertz CT molecular complexity index is 1010. The Kier molecular flexibility index (Phi) is 5.93. The smallest absolute Gasteiger partial charge is 0.255 e. The highest BCUT2D eigenvalue weighted by Gasteiger charge is 2.42. The van der Waals surface area contributed by atoms with Crippen molar-refractivity contribution in [2.45, 2.75) is 20.8 Å². The summed E-state index contributed by atoms with van der Waals surface area (Å²) < 4.78 is 25.4. The Morgan fingerprint density at radius 2 is 1.79 bits per heavy atom. The highest BCUT2D eigenvalue weighted by molar-refractivity contribution is 7.94. The van der Waals surface area contributed by atoms with Gasteiger partial charge in [-0.2, -0.15) is 0 Å². The number of anilines is 3. The van der Waals surface area contributed by atoms with E-state index in [1.165, 1.54) is 12.1 Å². The van der Waals surface area contributed by atoms with E-state index in [1.807, 2.05) is 24.3 Å². The fraction of sp³-hybridized carbons (Fsp3) is 0.333. The summed E-state index contributed by atoms with van der Waals surface area (Å²) in [5.74, 6) is -1.67. The van der Waals surface area contributed by atoms with Crippen molar-refractivity contribution in [2.75, 3.05) is 33.4 Å². The Balaban J connectivity index is 1.79. The number of hydrogen-bond donors (Lipinski definition) is 1. The second kappa shape index (κ2) is 8.24. The molecule has 29 heavy (non-hydrogen) atoms. The summed E-state index contributed by atoms with van der Waals surface area (Å²) >= 11 is 0. The lowest BCUT2D eigenvalue weighted by atomic mass is 10.1. The largest absolute Gasteiger partial charge is 0.372 e. The van der Waals surface area contributed by atoms with Crippen molar-refractivity contribution in [1.82, 2.24) is 0 Å². The van der Waals surface area contributed by atoms with Crippen LogP contribution in [-0.4, -0.2) is 39.1 Å². The fourth-order valence-corrected chi connectivity index (χ4v) is 5.22. The standard InChI is InChI=1S/C21H25N3O4S/c1-4-23(5-2)18-11-9-17(10-12-18)22-20(25)16-7-6-8-19(13-16)24-21(26)15(3)14-29(24,27)28/h6-13,15H,4-5,14H2,1-3H3,(H,22,25)/t15-/m1/s1. The van der Waals surface area contributed by atoms with Crippen LogP contribution in [0.25, 0.3) is 0 Å². The van der Waals surface area contributed by atoms with Gasteiger partial charge in [0.05, 0.1) is 17.4 Å². The molecule has 7 nitrogen and oxygen atoms in total. The van der Waals surface area contributed by atoms with Gasteiger partial charge in [0.15, 0.2) is 0 Å². The van der Waals surface area contributed by atoms with E-state index >= 15 is 0 Å². The SMILES string of the molecule is CCN(CC)c1ccc(NC(=O)c2cccc(N3C(=O)[C@H](C)CS3(=O)=O)c2)cc1. The maximum absolute atomic E-state index is 12.6. The number of sulfonamides is 1. The van der Waals surface area contributed by atoms with Crippen molar-refractivity contribution >= 4 is 38.9 Å². The first kappa shape index (κ1) is 20.9. The molecule has 2 aromatic rings. The summed E-state index contributed by atoms with van der Waals surface area (Å²) in [5.41, 5.74) is 2.17. The van der Waals surface area contributed by atoms with Crippen LogP contribution < -0.4 is 14.5 Å². The second-order valence-corrected chi connectivity index (χ2v) is 8.87. The van der Waals surface area contributed by atoms with Crippen molar-refractivity contribution in [1.29, 1.82) is 0 Å². The van der Waals surface area contributed by atoms with E-state index < -0.39 is 21.8 Å². The van der Waals surface area contributed by atoms with E-state index in [2.05, 4.69) is 24.1 Å². The van der Waals surface area contributed by atoms with Gasteiger partial charge in [-0.15, -0.1) is 0 Å². The summed E-state index contributed by atoms with van der Waals surface area (Å²) in [6.07, 6.45) is 0. The summed E-state index contributed by atoms with van der Waals surface area (Å²) in [7, 11) is -3.71. The molecule has 0 unspecified atom stereocenters. The van der Waals surface area contributed by atoms with Gasteiger partial charge in [-0.1, -0.05) is 13.0 Å². The van der Waals surface area contributed by atoms with Crippen molar-refractivity contribution in [3.8, 4) is 0 Å². The molecule has 1 aliphatic heterocycles. The lowest BCUT2D eigenvalue weighted by Gasteiger charge is -2.21. The minimum absolute atomic E-state index is 0.184. The molecule has 0 aliphatic carbocycles. The predicted molar refractivity (Wildman–Crippen MR) is 115 cm³/mol. The fourth-order valence-electron chi connectivity index (χ4n) is 3.41. The maximum Gasteiger partial charge on any atom is 0.255 e. The van der Waals surface area contributed by atoms with Gasteiger partial charge in [0.2, 0.25) is 15.9 Å². The molecule has 8 heteroatoms. The van der Waals surface area contributed by atoms with Gasteiger partial charge in [-0.3, -0.25) is 9.59 Å². The third kappa shape index (κ3) is 4.27. The van der Waals surface area contributed by atoms with Crippen LogP contribution in [0.3, 0.4) is 0 Å². The minimum atomic E-state index is -3.71. The number of amides is 2. The van der Waals surface area contributed by atoms with Crippen molar-refractivity contribution < 1.29 is 18.0 Å². The van der Waals surface area contributed by atoms with Crippen LogP contribution in [-0.2, 0) is 14.8 Å². The monoisotopic (exact) mass is 415 g/mol. The minimum Gasteiger partial charge on any atom is -0.372 e. The predicted octanol–water partition coefficient (Wildman–Crippen LogP) is 3.10. The lowest BCUT2D eigenvalue weighted by Crippen LogP contribution is -2.30. The summed E-state index contributed by atoms with van der Waals surface area (Å²) in [4.78, 5) is 27.1. The molecule has 1 saturated heterocycles. The molecule has 1 fully saturated rings. The Labute approximate surface area is 171 Å². The van der Waals surface area contributed by atoms with Crippen LogP contribution in [0.1, 0.15) is 31.1 Å². The average molecular weight is 416 g/mol. The van der Waals surface area contributed by atoms with E-state index in [4.69, 9.17) is 0 Å². The number of carbonyl (C=O) groups excluding carboxylic acids is 2. The van der Waals surface area contributed by atoms with Gasteiger partial charge >= 0.3 is 0 Å². The molecule has 0 aromatic heterocycles. The summed E-state index contributed by atoms with van der Waals surface area (Å²) in [5, 5.41) is 2.81. The van der Waals surface area contributed by atoms with Gasteiger partial charge in [-0.25, -0.2) is 12.7 Å². The average Bonchev–Trinajstić information content (AvgIpc) is 2.90. The molecule has 0 radical (unpaired) electrons. The number of hydrogen-bond acceptors (Lipinski definition) is 5. The first-order valence-corrected chi connectivity index (χ1v) is 11.2. The first-order valence-electron chi connectivity index (χ1n) is 9.60. The zero-order valence-corrected chi connectivity index (χ0v) is 17.6. The van der Waals surface area contributed by atoms with E-state index in [-0.39, 0.29) is 22.9 Å². The van der Waals surface area contributed by atoms with Crippen LogP contribution in [0.5, 0.6) is 0 Å². The molecule has 1 aliphatic rings. The molecule has 0 bridgehead atoms. The maximum atomic E-state index is 12.6. The van der Waals surface area contributed by atoms with Crippen LogP contribution in [0.2, 0.25) is 0 Å². The molecule has 2 aromatic carbocycles. The Hall–Kier alpha value is -2.87. The van der Waals surface area contributed by atoms with Gasteiger partial charge in [-0.05, 0) is 56.3 Å². The molecule has 0 saturated carbocycles. The molecule has 1 heterocycles. The topological polar surface area (TPSA) is 86.8 Å². The quantitative estimate of drug-likeness (QED) is 0.783. The van der Waals surface area contributed by atoms with Gasteiger partial charge < -0.3 is 10.2 Å².